The van der Waals surface area contributed by atoms with Crippen molar-refractivity contribution < 1.29 is 9.52 Å². The number of hydrogen-bond donors (Lipinski definition) is 1. The molecule has 0 amide bonds. The highest BCUT2D eigenvalue weighted by Gasteiger charge is 2.32. The highest BCUT2D eigenvalue weighted by Crippen LogP contribution is 2.33. The van der Waals surface area contributed by atoms with Crippen molar-refractivity contribution in [2.45, 2.75) is 39.0 Å². The first-order chi connectivity index (χ1) is 12.8. The van der Waals surface area contributed by atoms with Crippen molar-refractivity contribution in [2.24, 2.45) is 11.8 Å². The number of hydrogen-bond acceptors (Lipinski definition) is 5. The van der Waals surface area contributed by atoms with Gasteiger partial charge in [0.2, 0.25) is 0 Å². The lowest BCUT2D eigenvalue weighted by atomic mass is 9.83. The van der Waals surface area contributed by atoms with Gasteiger partial charge in [0.25, 0.3) is 0 Å². The number of aliphatic hydroxyl groups excluding tert-OH is 1. The third kappa shape index (κ3) is 4.34. The second-order valence-electron chi connectivity index (χ2n) is 7.78. The summed E-state index contributed by atoms with van der Waals surface area (Å²) in [5.74, 6) is 3.32. The molecule has 0 aromatic carbocycles. The van der Waals surface area contributed by atoms with Crippen LogP contribution in [0.5, 0.6) is 0 Å². The van der Waals surface area contributed by atoms with Gasteiger partial charge in [0.05, 0.1) is 6.54 Å². The van der Waals surface area contributed by atoms with Crippen LogP contribution in [0.4, 0.5) is 0 Å². The van der Waals surface area contributed by atoms with Crippen molar-refractivity contribution in [3.8, 4) is 0 Å². The van der Waals surface area contributed by atoms with Gasteiger partial charge in [0.1, 0.15) is 18.1 Å². The molecule has 0 saturated carbocycles. The Labute approximate surface area is 155 Å². The fraction of sp³-hybridized carbons (Fsp3) is 0.571. The van der Waals surface area contributed by atoms with E-state index in [-0.39, 0.29) is 6.61 Å². The van der Waals surface area contributed by atoms with Crippen LogP contribution >= 0.6 is 0 Å². The Bertz CT molecular complexity index is 680. The third-order valence-corrected chi connectivity index (χ3v) is 5.99. The van der Waals surface area contributed by atoms with E-state index < -0.39 is 0 Å². The maximum absolute atomic E-state index is 9.12. The van der Waals surface area contributed by atoms with E-state index in [1.165, 1.54) is 44.5 Å². The number of likely N-dealkylation sites (tertiary alicyclic amines) is 2. The molecule has 4 heterocycles. The van der Waals surface area contributed by atoms with Gasteiger partial charge in [0.15, 0.2) is 0 Å². The van der Waals surface area contributed by atoms with Crippen LogP contribution in [0.2, 0.25) is 0 Å². The third-order valence-electron chi connectivity index (χ3n) is 5.99. The summed E-state index contributed by atoms with van der Waals surface area (Å²) in [6.45, 7) is 6.64. The standard InChI is InChI=1S/C21H29N3O2/c25-16-21-4-3-20(26-21)15-24-11-7-19(14-24)18-5-9-23(10-6-18)13-17-2-1-8-22-12-17/h1-4,8,12,18-19,25H,5-7,9-11,13-16H2. The fourth-order valence-electron chi connectivity index (χ4n) is 4.54. The molecule has 26 heavy (non-hydrogen) atoms. The van der Waals surface area contributed by atoms with Gasteiger partial charge in [-0.05, 0) is 74.5 Å². The van der Waals surface area contributed by atoms with Crippen LogP contribution in [-0.4, -0.2) is 46.1 Å². The SMILES string of the molecule is OCc1ccc(CN2CCC(C3CCN(Cc4cccnc4)CC3)C2)o1. The Morgan fingerprint density at radius 2 is 1.73 bits per heavy atom. The van der Waals surface area contributed by atoms with E-state index in [0.29, 0.717) is 5.76 Å². The summed E-state index contributed by atoms with van der Waals surface area (Å²) in [5.41, 5.74) is 1.32. The van der Waals surface area contributed by atoms with Crippen molar-refractivity contribution in [2.75, 3.05) is 26.2 Å². The topological polar surface area (TPSA) is 52.7 Å². The van der Waals surface area contributed by atoms with E-state index in [9.17, 15) is 0 Å². The number of pyridine rings is 1. The average molecular weight is 355 g/mol. The Balaban J connectivity index is 1.22. The maximum atomic E-state index is 9.12. The van der Waals surface area contributed by atoms with Crippen LogP contribution in [-0.2, 0) is 19.7 Å². The van der Waals surface area contributed by atoms with Gasteiger partial charge in [-0.2, -0.15) is 0 Å². The normalized spacial score (nSPS) is 22.9. The van der Waals surface area contributed by atoms with E-state index in [1.807, 2.05) is 30.6 Å². The van der Waals surface area contributed by atoms with Gasteiger partial charge in [-0.15, -0.1) is 0 Å². The van der Waals surface area contributed by atoms with Gasteiger partial charge >= 0.3 is 0 Å². The average Bonchev–Trinajstić information content (AvgIpc) is 3.33. The number of nitrogens with zero attached hydrogens (tertiary/aromatic N) is 3. The summed E-state index contributed by atoms with van der Waals surface area (Å²) >= 11 is 0. The molecule has 1 unspecified atom stereocenters. The molecular formula is C21H29N3O2. The highest BCUT2D eigenvalue weighted by atomic mass is 16.4. The van der Waals surface area contributed by atoms with Gasteiger partial charge in [-0.25, -0.2) is 0 Å². The maximum Gasteiger partial charge on any atom is 0.129 e. The number of aromatic nitrogens is 1. The summed E-state index contributed by atoms with van der Waals surface area (Å²) in [6, 6.07) is 8.07. The van der Waals surface area contributed by atoms with E-state index >= 15 is 0 Å². The van der Waals surface area contributed by atoms with Crippen molar-refractivity contribution >= 4 is 0 Å². The second kappa shape index (κ2) is 8.33. The molecule has 1 atom stereocenters. The minimum atomic E-state index is -0.0136. The van der Waals surface area contributed by atoms with E-state index in [1.54, 1.807) is 0 Å². The van der Waals surface area contributed by atoms with Crippen LogP contribution in [0.3, 0.4) is 0 Å². The number of furan rings is 1. The quantitative estimate of drug-likeness (QED) is 0.863. The molecule has 5 nitrogen and oxygen atoms in total. The van der Waals surface area contributed by atoms with Crippen LogP contribution < -0.4 is 0 Å². The minimum Gasteiger partial charge on any atom is -0.462 e. The molecule has 0 aliphatic carbocycles. The molecule has 2 saturated heterocycles. The zero-order chi connectivity index (χ0) is 17.8. The number of rotatable bonds is 6. The molecule has 2 fully saturated rings. The molecule has 140 valence electrons. The first-order valence-electron chi connectivity index (χ1n) is 9.82. The summed E-state index contributed by atoms with van der Waals surface area (Å²) in [7, 11) is 0. The molecule has 2 aliphatic heterocycles. The zero-order valence-electron chi connectivity index (χ0n) is 15.4. The Kier molecular flexibility index (Phi) is 5.68. The van der Waals surface area contributed by atoms with Crippen molar-refractivity contribution in [3.05, 3.63) is 53.7 Å². The smallest absolute Gasteiger partial charge is 0.129 e. The molecule has 5 heteroatoms. The van der Waals surface area contributed by atoms with Crippen LogP contribution in [0.15, 0.2) is 41.1 Å². The van der Waals surface area contributed by atoms with Crippen LogP contribution in [0, 0.1) is 11.8 Å². The monoisotopic (exact) mass is 355 g/mol. The van der Waals surface area contributed by atoms with Crippen molar-refractivity contribution in [1.29, 1.82) is 0 Å². The summed E-state index contributed by atoms with van der Waals surface area (Å²) in [5, 5.41) is 9.12. The Morgan fingerprint density at radius 1 is 0.962 bits per heavy atom. The van der Waals surface area contributed by atoms with E-state index in [4.69, 9.17) is 9.52 Å². The van der Waals surface area contributed by atoms with Crippen molar-refractivity contribution in [1.82, 2.24) is 14.8 Å². The molecular weight excluding hydrogens is 326 g/mol. The lowest BCUT2D eigenvalue weighted by Gasteiger charge is -2.34. The first kappa shape index (κ1) is 17.7. The first-order valence-corrected chi connectivity index (χ1v) is 9.82. The summed E-state index contributed by atoms with van der Waals surface area (Å²) in [6.07, 6.45) is 7.76. The molecule has 2 aliphatic rings. The Hall–Kier alpha value is -1.69. The van der Waals surface area contributed by atoms with Gasteiger partial charge in [-0.1, -0.05) is 6.07 Å². The van der Waals surface area contributed by atoms with Gasteiger partial charge in [-0.3, -0.25) is 14.8 Å². The number of aliphatic hydroxyl groups is 1. The van der Waals surface area contributed by atoms with Crippen LogP contribution in [0.1, 0.15) is 36.3 Å². The summed E-state index contributed by atoms with van der Waals surface area (Å²) in [4.78, 5) is 9.30. The molecule has 0 radical (unpaired) electrons. The van der Waals surface area contributed by atoms with Crippen LogP contribution in [0.25, 0.3) is 0 Å². The predicted molar refractivity (Wildman–Crippen MR) is 100 cm³/mol. The highest BCUT2D eigenvalue weighted by molar-refractivity contribution is 5.08. The fourth-order valence-corrected chi connectivity index (χ4v) is 4.54. The largest absolute Gasteiger partial charge is 0.462 e. The lowest BCUT2D eigenvalue weighted by Crippen LogP contribution is -2.36. The Morgan fingerprint density at radius 3 is 2.46 bits per heavy atom. The number of piperidine rings is 1. The van der Waals surface area contributed by atoms with Crippen molar-refractivity contribution in [3.63, 3.8) is 0 Å². The van der Waals surface area contributed by atoms with Gasteiger partial charge < -0.3 is 9.52 Å². The summed E-state index contributed by atoms with van der Waals surface area (Å²) < 4.78 is 5.64. The predicted octanol–water partition coefficient (Wildman–Crippen LogP) is 2.90. The zero-order valence-corrected chi connectivity index (χ0v) is 15.4. The van der Waals surface area contributed by atoms with Gasteiger partial charge in [0, 0.05) is 25.5 Å². The molecule has 2 aromatic rings. The molecule has 1 N–H and O–H groups in total. The molecule has 0 spiro atoms. The minimum absolute atomic E-state index is 0.0136. The lowest BCUT2D eigenvalue weighted by molar-refractivity contribution is 0.140. The van der Waals surface area contributed by atoms with E-state index in [2.05, 4.69) is 20.9 Å². The molecule has 4 rings (SSSR count). The van der Waals surface area contributed by atoms with E-state index in [0.717, 1.165) is 37.2 Å². The molecule has 0 bridgehead atoms. The second-order valence-corrected chi connectivity index (χ2v) is 7.78. The molecule has 2 aromatic heterocycles.